The van der Waals surface area contributed by atoms with Crippen molar-refractivity contribution in [3.05, 3.63) is 350 Å². The zero-order chi connectivity index (χ0) is 86.3. The zero-order valence-corrected chi connectivity index (χ0v) is 69.6. The Hall–Kier alpha value is -14.8. The Morgan fingerprint density at radius 1 is 0.416 bits per heavy atom. The van der Waals surface area contributed by atoms with Gasteiger partial charge in [-0.15, -0.1) is 0 Å². The molecule has 15 heterocycles. The number of fused-ring (bicyclic) bond motifs is 12. The van der Waals surface area contributed by atoms with Gasteiger partial charge in [-0.1, -0.05) is 80.7 Å². The first-order chi connectivity index (χ1) is 60.8. The van der Waals surface area contributed by atoms with Crippen LogP contribution < -0.4 is 27.8 Å². The SMILES string of the molecule is CC1(C)CC(F)c2nc3cc(C#Cc4ccccn4)ccc3c(=O)n2C1.CCC1CCCc2nc3cc(C#Cc4ccccn4)ccc3c(=O)n21.COC1(C)CCc2nc3cc(C#Cc4ccccn4)ccc3c(=O)n2C1.O=c1c2ccc(C#Cc3ccccn3)cc2nc2n1CC(F)CC2.O=c1c2ccc(C#Cc3ccccn3)cc2nc2n1CCC1CC21. The summed E-state index contributed by atoms with van der Waals surface area (Å²) in [6, 6.07) is 55.6. The molecular weight excluding hydrogens is 1570 g/mol. The number of hydrogen-bond acceptors (Lipinski definition) is 16. The summed E-state index contributed by atoms with van der Waals surface area (Å²) >= 11 is 0. The topological polar surface area (TPSA) is 248 Å². The predicted octanol–water partition coefficient (Wildman–Crippen LogP) is 14.8. The second-order valence-electron chi connectivity index (χ2n) is 32.8. The smallest absolute Gasteiger partial charge is 0.261 e. The molecule has 15 aromatic rings. The van der Waals surface area contributed by atoms with Crippen LogP contribution in [-0.2, 0) is 50.2 Å². The number of nitrogens with zero attached hydrogens (tertiary/aromatic N) is 15. The Morgan fingerprint density at radius 2 is 0.816 bits per heavy atom. The van der Waals surface area contributed by atoms with E-state index >= 15 is 0 Å². The number of alkyl halides is 2. The minimum atomic E-state index is -1.24. The molecule has 0 radical (unpaired) electrons. The Labute approximate surface area is 718 Å². The van der Waals surface area contributed by atoms with Gasteiger partial charge in [-0.25, -0.2) is 58.6 Å². The van der Waals surface area contributed by atoms with Crippen LogP contribution in [0.5, 0.6) is 0 Å². The monoisotopic (exact) mass is 1650 g/mol. The lowest BCUT2D eigenvalue weighted by Crippen LogP contribution is -2.43. The molecule has 6 atom stereocenters. The van der Waals surface area contributed by atoms with Gasteiger partial charge in [0.1, 0.15) is 63.8 Å². The number of aromatic nitrogens is 15. The Morgan fingerprint density at radius 3 is 1.25 bits per heavy atom. The van der Waals surface area contributed by atoms with Crippen LogP contribution in [-0.4, -0.2) is 91.6 Å². The molecule has 0 amide bonds. The van der Waals surface area contributed by atoms with Crippen molar-refractivity contribution in [3.8, 4) is 59.2 Å². The number of halogens is 2. The fraction of sp³-hybridized carbons (Fsp3) is 0.265. The minimum absolute atomic E-state index is 0.0165. The third-order valence-corrected chi connectivity index (χ3v) is 23.3. The predicted molar refractivity (Wildman–Crippen MR) is 478 cm³/mol. The molecule has 618 valence electrons. The van der Waals surface area contributed by atoms with Crippen LogP contribution >= 0.6 is 0 Å². The number of pyridine rings is 5. The molecule has 23 heteroatoms. The van der Waals surface area contributed by atoms with Crippen LogP contribution in [0.2, 0.25) is 0 Å². The molecule has 1 fully saturated rings. The summed E-state index contributed by atoms with van der Waals surface area (Å²) in [4.78, 5) is 108. The van der Waals surface area contributed by atoms with E-state index < -0.39 is 12.3 Å². The van der Waals surface area contributed by atoms with Gasteiger partial charge in [-0.05, 0) is 251 Å². The van der Waals surface area contributed by atoms with E-state index in [9.17, 15) is 32.8 Å². The first kappa shape index (κ1) is 82.5. The Balaban J connectivity index is 0.000000110. The summed E-state index contributed by atoms with van der Waals surface area (Å²) in [5.74, 6) is 35.2. The van der Waals surface area contributed by atoms with Gasteiger partial charge in [0.15, 0.2) is 6.17 Å². The van der Waals surface area contributed by atoms with Crippen LogP contribution in [0.4, 0.5) is 8.78 Å². The van der Waals surface area contributed by atoms with Crippen molar-refractivity contribution in [2.75, 3.05) is 7.11 Å². The van der Waals surface area contributed by atoms with Gasteiger partial charge < -0.3 is 4.74 Å². The third kappa shape index (κ3) is 18.7. The number of ether oxygens (including phenoxy) is 1. The number of hydrogen-bond donors (Lipinski definition) is 0. The van der Waals surface area contributed by atoms with Gasteiger partial charge in [-0.2, -0.15) is 0 Å². The van der Waals surface area contributed by atoms with Crippen LogP contribution in [0, 0.1) is 70.5 Å². The summed E-state index contributed by atoms with van der Waals surface area (Å²) in [5.41, 5.74) is 9.99. The molecule has 6 unspecified atom stereocenters. The number of methoxy groups -OCH3 is 1. The quantitative estimate of drug-likeness (QED) is 0.146. The molecule has 10 aromatic heterocycles. The van der Waals surface area contributed by atoms with E-state index in [4.69, 9.17) is 19.7 Å². The van der Waals surface area contributed by atoms with Gasteiger partial charge in [0.2, 0.25) is 0 Å². The second-order valence-corrected chi connectivity index (χ2v) is 32.8. The van der Waals surface area contributed by atoms with Gasteiger partial charge in [0.25, 0.3) is 27.8 Å². The summed E-state index contributed by atoms with van der Waals surface area (Å²) in [7, 11) is 1.69. The molecule has 1 saturated carbocycles. The Bertz CT molecular complexity index is 7390. The summed E-state index contributed by atoms with van der Waals surface area (Å²) in [6.45, 7) is 10.0. The van der Waals surface area contributed by atoms with E-state index in [0.29, 0.717) is 110 Å². The normalized spacial score (nSPS) is 18.0. The molecule has 5 aliphatic heterocycles. The van der Waals surface area contributed by atoms with Gasteiger partial charge in [0, 0.05) is 110 Å². The van der Waals surface area contributed by atoms with Crippen molar-refractivity contribution >= 4 is 54.5 Å². The number of benzene rings is 5. The highest BCUT2D eigenvalue weighted by Crippen LogP contribution is 2.51. The van der Waals surface area contributed by atoms with Crippen LogP contribution in [0.1, 0.15) is 183 Å². The third-order valence-electron chi connectivity index (χ3n) is 23.3. The first-order valence-electron chi connectivity index (χ1n) is 42.0. The number of rotatable bonds is 2. The standard InChI is InChI=1S/C21H18FN3O.C21H19N3O2.C21H19N3O.C20H15N3O.C19H14FN3O/c1-21(2)12-17(22)19-24-18-11-14(6-8-15-5-3-4-10-23-15)7-9-16(18)20(26)25(19)13-21;1-21(26-2)11-10-19-23-18-13-15(6-8-16-5-3-4-12-22-16)7-9-17(18)20(25)24(19)14-21;1-2-17-7-5-8-20-23-19-14-15(9-11-16-6-3-4-13-22-16)10-12-18(19)21(25)24(17)20;24-20-16-7-5-13(4-6-15-3-1-2-9-21-15)11-18(16)22-19-17-12-14(17)8-10-23(19)20;20-14-6-9-18-22-17-11-13(4-7-15-3-1-2-10-21-15)5-8-16(17)19(24)23(18)12-14/h3-5,7,9-11,17H,12-13H2,1-2H3;3-5,7,9,12-13H,10-11,14H2,1-2H3;3-4,6,10,12-14,17H,2,5,7-8H2,1H3;1-3,5,7,9,11,14,17H,8,10,12H2;1-3,5,8,10-11,14H,6,9,12H2. The van der Waals surface area contributed by atoms with Crippen molar-refractivity contribution in [3.63, 3.8) is 0 Å². The second kappa shape index (κ2) is 36.1. The highest BCUT2D eigenvalue weighted by atomic mass is 19.1. The van der Waals surface area contributed by atoms with E-state index in [1.165, 1.54) is 15.6 Å². The van der Waals surface area contributed by atoms with Crippen molar-refractivity contribution in [2.45, 2.75) is 154 Å². The fourth-order valence-corrected chi connectivity index (χ4v) is 16.5. The van der Waals surface area contributed by atoms with Crippen molar-refractivity contribution in [1.29, 1.82) is 0 Å². The molecule has 5 aromatic carbocycles. The fourth-order valence-electron chi connectivity index (χ4n) is 16.5. The summed E-state index contributed by atoms with van der Waals surface area (Å²) < 4.78 is 42.2. The highest BCUT2D eigenvalue weighted by molar-refractivity contribution is 5.83. The molecule has 1 aliphatic carbocycles. The maximum Gasteiger partial charge on any atom is 0.261 e. The van der Waals surface area contributed by atoms with Gasteiger partial charge in [-0.3, -0.25) is 46.8 Å². The molecule has 125 heavy (non-hydrogen) atoms. The first-order valence-corrected chi connectivity index (χ1v) is 42.0. The average molecular weight is 1650 g/mol. The molecule has 21 rings (SSSR count). The van der Waals surface area contributed by atoms with Crippen molar-refractivity contribution in [2.24, 2.45) is 11.3 Å². The lowest BCUT2D eigenvalue weighted by atomic mass is 9.84. The summed E-state index contributed by atoms with van der Waals surface area (Å²) in [5, 5.41) is 2.95. The molecule has 0 spiro atoms. The van der Waals surface area contributed by atoms with Crippen LogP contribution in [0.15, 0.2) is 237 Å². The largest absolute Gasteiger partial charge is 0.377 e. The molecule has 21 nitrogen and oxygen atoms in total. The van der Waals surface area contributed by atoms with Crippen molar-refractivity contribution in [1.82, 2.24) is 72.7 Å². The van der Waals surface area contributed by atoms with Crippen molar-refractivity contribution < 1.29 is 13.5 Å². The molecule has 0 saturated heterocycles. The zero-order valence-electron chi connectivity index (χ0n) is 69.6. The maximum atomic E-state index is 14.6. The van der Waals surface area contributed by atoms with E-state index in [0.717, 1.165) is 120 Å². The molecule has 0 bridgehead atoms. The average Bonchev–Trinajstić information content (AvgIpc) is 1.35. The van der Waals surface area contributed by atoms with E-state index in [-0.39, 0.29) is 57.2 Å². The Kier molecular flexibility index (Phi) is 23.8. The molecule has 0 N–H and O–H groups in total. The van der Waals surface area contributed by atoms with E-state index in [1.54, 1.807) is 85.1 Å². The minimum Gasteiger partial charge on any atom is -0.377 e. The van der Waals surface area contributed by atoms with Gasteiger partial charge >= 0.3 is 0 Å². The maximum absolute atomic E-state index is 14.6. The molecule has 6 aliphatic rings. The van der Waals surface area contributed by atoms with Crippen LogP contribution in [0.3, 0.4) is 0 Å². The number of aryl methyl sites for hydroxylation is 3. The van der Waals surface area contributed by atoms with E-state index in [2.05, 4.69) is 101 Å². The lowest BCUT2D eigenvalue weighted by molar-refractivity contribution is -0.0253. The van der Waals surface area contributed by atoms with E-state index in [1.807, 2.05) is 169 Å². The van der Waals surface area contributed by atoms with Gasteiger partial charge in [0.05, 0.1) is 73.2 Å². The summed E-state index contributed by atoms with van der Waals surface area (Å²) in [6.07, 6.45) is 15.4. The lowest BCUT2D eigenvalue weighted by Gasteiger charge is -2.34. The van der Waals surface area contributed by atoms with Crippen LogP contribution in [0.25, 0.3) is 54.5 Å². The molecular formula is C102H85F2N15O6. The highest BCUT2D eigenvalue weighted by Gasteiger charge is 2.44.